The van der Waals surface area contributed by atoms with E-state index >= 15 is 0 Å². The van der Waals surface area contributed by atoms with Gasteiger partial charge in [0.05, 0.1) is 14.5 Å². The van der Waals surface area contributed by atoms with Gasteiger partial charge in [0, 0.05) is 11.6 Å². The Morgan fingerprint density at radius 1 is 1.25 bits per heavy atom. The fraction of sp³-hybridized carbons (Fsp3) is 0.0909. The number of halogens is 3. The molecular formula is C11H8BrCl2NS. The van der Waals surface area contributed by atoms with Crippen molar-refractivity contribution in [1.82, 2.24) is 0 Å². The Bertz CT molecular complexity index is 498. The van der Waals surface area contributed by atoms with E-state index in [0.717, 1.165) is 16.0 Å². The molecular weight excluding hydrogens is 329 g/mol. The van der Waals surface area contributed by atoms with Crippen LogP contribution in [0.15, 0.2) is 33.4 Å². The first-order chi connectivity index (χ1) is 7.65. The van der Waals surface area contributed by atoms with Crippen LogP contribution < -0.4 is 5.32 Å². The summed E-state index contributed by atoms with van der Waals surface area (Å²) in [6, 6.07) is 7.47. The van der Waals surface area contributed by atoms with Crippen LogP contribution in [0.25, 0.3) is 0 Å². The van der Waals surface area contributed by atoms with Crippen LogP contribution in [-0.4, -0.2) is 0 Å². The van der Waals surface area contributed by atoms with Crippen LogP contribution in [0.5, 0.6) is 0 Å². The standard InChI is InChI=1S/C11H8BrCl2NS/c12-11-3-7(6-16-11)5-15-10-4-8(13)1-2-9(10)14/h1-4,6,15H,5H2. The summed E-state index contributed by atoms with van der Waals surface area (Å²) in [5.74, 6) is 0. The summed E-state index contributed by atoms with van der Waals surface area (Å²) in [7, 11) is 0. The van der Waals surface area contributed by atoms with Crippen molar-refractivity contribution in [3.05, 3.63) is 49.0 Å². The van der Waals surface area contributed by atoms with Gasteiger partial charge in [0.15, 0.2) is 0 Å². The highest BCUT2D eigenvalue weighted by Gasteiger charge is 2.02. The molecule has 0 bridgehead atoms. The number of hydrogen-bond donors (Lipinski definition) is 1. The van der Waals surface area contributed by atoms with Crippen molar-refractivity contribution in [3.8, 4) is 0 Å². The zero-order valence-electron chi connectivity index (χ0n) is 8.14. The molecule has 0 aliphatic heterocycles. The van der Waals surface area contributed by atoms with Crippen LogP contribution >= 0.6 is 50.5 Å². The first kappa shape index (κ1) is 12.2. The van der Waals surface area contributed by atoms with Crippen LogP contribution in [0.2, 0.25) is 10.0 Å². The van der Waals surface area contributed by atoms with E-state index in [9.17, 15) is 0 Å². The Morgan fingerprint density at radius 3 is 2.75 bits per heavy atom. The predicted octanol–water partition coefficient (Wildman–Crippen LogP) is 5.43. The van der Waals surface area contributed by atoms with Gasteiger partial charge in [-0.1, -0.05) is 23.2 Å². The average molecular weight is 337 g/mol. The van der Waals surface area contributed by atoms with Gasteiger partial charge < -0.3 is 5.32 Å². The second-order valence-electron chi connectivity index (χ2n) is 3.24. The molecule has 84 valence electrons. The van der Waals surface area contributed by atoms with Gasteiger partial charge in [-0.3, -0.25) is 0 Å². The molecule has 1 N–H and O–H groups in total. The Kier molecular flexibility index (Phi) is 4.14. The topological polar surface area (TPSA) is 12.0 Å². The largest absolute Gasteiger partial charge is 0.380 e. The minimum absolute atomic E-state index is 0.679. The maximum atomic E-state index is 6.04. The Hall–Kier alpha value is -0.220. The number of hydrogen-bond acceptors (Lipinski definition) is 2. The van der Waals surface area contributed by atoms with Crippen molar-refractivity contribution in [2.75, 3.05) is 5.32 Å². The summed E-state index contributed by atoms with van der Waals surface area (Å²) in [5.41, 5.74) is 2.07. The quantitative estimate of drug-likeness (QED) is 0.788. The molecule has 16 heavy (non-hydrogen) atoms. The van der Waals surface area contributed by atoms with Crippen molar-refractivity contribution < 1.29 is 0 Å². The second-order valence-corrected chi connectivity index (χ2v) is 6.37. The van der Waals surface area contributed by atoms with Gasteiger partial charge in [0.1, 0.15) is 0 Å². The van der Waals surface area contributed by atoms with Crippen LogP contribution in [0.4, 0.5) is 5.69 Å². The molecule has 2 aromatic rings. The first-order valence-corrected chi connectivity index (χ1v) is 7.00. The van der Waals surface area contributed by atoms with E-state index < -0.39 is 0 Å². The summed E-state index contributed by atoms with van der Waals surface area (Å²) in [6.45, 7) is 0.738. The number of benzene rings is 1. The van der Waals surface area contributed by atoms with Crippen molar-refractivity contribution in [3.63, 3.8) is 0 Å². The molecule has 0 atom stereocenters. The highest BCUT2D eigenvalue weighted by Crippen LogP contribution is 2.27. The Balaban J connectivity index is 2.07. The molecule has 1 aromatic carbocycles. The lowest BCUT2D eigenvalue weighted by atomic mass is 10.3. The number of nitrogens with one attached hydrogen (secondary N) is 1. The SMILES string of the molecule is Clc1ccc(Cl)c(NCc2csc(Br)c2)c1. The molecule has 0 spiro atoms. The average Bonchev–Trinajstić information content (AvgIpc) is 2.66. The van der Waals surface area contributed by atoms with Crippen LogP contribution in [0.3, 0.4) is 0 Å². The molecule has 1 nitrogen and oxygen atoms in total. The molecule has 1 heterocycles. The van der Waals surface area contributed by atoms with Crippen molar-refractivity contribution in [2.45, 2.75) is 6.54 Å². The molecule has 5 heteroatoms. The predicted molar refractivity (Wildman–Crippen MR) is 75.8 cm³/mol. The second kappa shape index (κ2) is 5.41. The number of rotatable bonds is 3. The van der Waals surface area contributed by atoms with E-state index in [4.69, 9.17) is 23.2 Å². The van der Waals surface area contributed by atoms with Gasteiger partial charge in [-0.05, 0) is 51.1 Å². The normalized spacial score (nSPS) is 10.4. The summed E-state index contributed by atoms with van der Waals surface area (Å²) in [6.07, 6.45) is 0. The summed E-state index contributed by atoms with van der Waals surface area (Å²) in [4.78, 5) is 0. The van der Waals surface area contributed by atoms with Gasteiger partial charge >= 0.3 is 0 Å². The highest BCUT2D eigenvalue weighted by molar-refractivity contribution is 9.11. The molecule has 0 unspecified atom stereocenters. The third kappa shape index (κ3) is 3.14. The Morgan fingerprint density at radius 2 is 2.06 bits per heavy atom. The van der Waals surface area contributed by atoms with Crippen molar-refractivity contribution in [2.24, 2.45) is 0 Å². The molecule has 2 rings (SSSR count). The van der Waals surface area contributed by atoms with Crippen molar-refractivity contribution in [1.29, 1.82) is 0 Å². The van der Waals surface area contributed by atoms with E-state index in [1.165, 1.54) is 5.56 Å². The maximum absolute atomic E-state index is 6.04. The molecule has 0 radical (unpaired) electrons. The van der Waals surface area contributed by atoms with Gasteiger partial charge in [-0.15, -0.1) is 11.3 Å². The Labute approximate surface area is 117 Å². The molecule has 1 aromatic heterocycles. The number of anilines is 1. The van der Waals surface area contributed by atoms with E-state index in [2.05, 4.69) is 32.7 Å². The summed E-state index contributed by atoms with van der Waals surface area (Å²) >= 11 is 17.0. The number of thiophene rings is 1. The lowest BCUT2D eigenvalue weighted by Crippen LogP contribution is -1.98. The van der Waals surface area contributed by atoms with E-state index in [0.29, 0.717) is 10.0 Å². The fourth-order valence-electron chi connectivity index (χ4n) is 1.27. The minimum atomic E-state index is 0.679. The monoisotopic (exact) mass is 335 g/mol. The zero-order chi connectivity index (χ0) is 11.5. The third-order valence-corrected chi connectivity index (χ3v) is 4.15. The maximum Gasteiger partial charge on any atom is 0.0701 e. The summed E-state index contributed by atoms with van der Waals surface area (Å²) < 4.78 is 1.13. The first-order valence-electron chi connectivity index (χ1n) is 4.57. The molecule has 0 saturated heterocycles. The molecule has 0 fully saturated rings. The summed E-state index contributed by atoms with van der Waals surface area (Å²) in [5, 5.41) is 6.70. The zero-order valence-corrected chi connectivity index (χ0v) is 12.1. The molecule has 0 aliphatic carbocycles. The van der Waals surface area contributed by atoms with E-state index in [1.54, 1.807) is 23.5 Å². The lowest BCUT2D eigenvalue weighted by molar-refractivity contribution is 1.16. The fourth-order valence-corrected chi connectivity index (χ4v) is 2.83. The van der Waals surface area contributed by atoms with Crippen LogP contribution in [-0.2, 0) is 6.54 Å². The third-order valence-electron chi connectivity index (χ3n) is 2.03. The molecule has 0 saturated carbocycles. The smallest absolute Gasteiger partial charge is 0.0701 e. The highest BCUT2D eigenvalue weighted by atomic mass is 79.9. The van der Waals surface area contributed by atoms with Crippen LogP contribution in [0.1, 0.15) is 5.56 Å². The minimum Gasteiger partial charge on any atom is -0.380 e. The van der Waals surface area contributed by atoms with Gasteiger partial charge in [-0.2, -0.15) is 0 Å². The van der Waals surface area contributed by atoms with E-state index in [1.807, 2.05) is 6.07 Å². The van der Waals surface area contributed by atoms with Gasteiger partial charge in [0.2, 0.25) is 0 Å². The van der Waals surface area contributed by atoms with Gasteiger partial charge in [-0.25, -0.2) is 0 Å². The van der Waals surface area contributed by atoms with Crippen molar-refractivity contribution >= 4 is 56.2 Å². The molecule has 0 aliphatic rings. The van der Waals surface area contributed by atoms with Gasteiger partial charge in [0.25, 0.3) is 0 Å². The van der Waals surface area contributed by atoms with Crippen LogP contribution in [0, 0.1) is 0 Å². The lowest BCUT2D eigenvalue weighted by Gasteiger charge is -2.07. The van der Waals surface area contributed by atoms with E-state index in [-0.39, 0.29) is 0 Å². The molecule has 0 amide bonds.